The van der Waals surface area contributed by atoms with E-state index in [1.165, 1.54) is 6.33 Å². The average Bonchev–Trinajstić information content (AvgIpc) is 2.37. The van der Waals surface area contributed by atoms with Crippen molar-refractivity contribution in [3.05, 3.63) is 59.2 Å². The highest BCUT2D eigenvalue weighted by atomic mass is 35.5. The van der Waals surface area contributed by atoms with E-state index in [1.807, 2.05) is 19.1 Å². The number of hydrogen-bond acceptors (Lipinski definition) is 3. The fourth-order valence-corrected chi connectivity index (χ4v) is 1.43. The van der Waals surface area contributed by atoms with Gasteiger partial charge in [-0.2, -0.15) is 5.26 Å². The van der Waals surface area contributed by atoms with Crippen molar-refractivity contribution >= 4 is 12.4 Å². The van der Waals surface area contributed by atoms with Crippen LogP contribution in [-0.4, -0.2) is 9.97 Å². The topological polar surface area (TPSA) is 49.6 Å². The first kappa shape index (κ1) is 13.7. The van der Waals surface area contributed by atoms with Crippen LogP contribution in [0.4, 0.5) is 0 Å². The maximum atomic E-state index is 8.85. The van der Waals surface area contributed by atoms with Crippen LogP contribution in [-0.2, 0) is 0 Å². The molecule has 2 rings (SSSR count). The van der Waals surface area contributed by atoms with Gasteiger partial charge < -0.3 is 0 Å². The number of halogens is 1. The molecule has 0 N–H and O–H groups in total. The highest BCUT2D eigenvalue weighted by Crippen LogP contribution is 2.07. The molecule has 0 atom stereocenters. The maximum absolute atomic E-state index is 8.85. The zero-order valence-electron chi connectivity index (χ0n) is 9.71. The van der Waals surface area contributed by atoms with Gasteiger partial charge in [-0.25, -0.2) is 9.97 Å². The molecule has 0 saturated heterocycles. The van der Waals surface area contributed by atoms with Crippen molar-refractivity contribution in [2.45, 2.75) is 6.92 Å². The van der Waals surface area contributed by atoms with Crippen LogP contribution in [0.15, 0.2) is 36.9 Å². The predicted molar refractivity (Wildman–Crippen MR) is 71.2 cm³/mol. The quantitative estimate of drug-likeness (QED) is 0.680. The van der Waals surface area contributed by atoms with E-state index in [0.717, 1.165) is 16.7 Å². The minimum atomic E-state index is 0. The number of rotatable bonds is 0. The summed E-state index contributed by atoms with van der Waals surface area (Å²) in [5, 5.41) is 8.85. The smallest absolute Gasteiger partial charge is 0.115 e. The van der Waals surface area contributed by atoms with Crippen molar-refractivity contribution in [2.24, 2.45) is 0 Å². The van der Waals surface area contributed by atoms with Crippen LogP contribution < -0.4 is 0 Å². The summed E-state index contributed by atoms with van der Waals surface area (Å²) in [5.74, 6) is 5.95. The molecule has 0 fully saturated rings. The lowest BCUT2D eigenvalue weighted by molar-refractivity contribution is 1.16. The third-order valence-corrected chi connectivity index (χ3v) is 2.12. The summed E-state index contributed by atoms with van der Waals surface area (Å²) in [6, 6.07) is 7.65. The standard InChI is InChI=1S/C14H9N3.ClH/c1-11-4-12(6-14(5-11)7-15)2-3-13-8-16-10-17-9-13;/h4-6,8-10H,1H3;1H. The van der Waals surface area contributed by atoms with Gasteiger partial charge in [0.25, 0.3) is 0 Å². The SMILES string of the molecule is Cc1cc(C#N)cc(C#Cc2cncnc2)c1.Cl. The van der Waals surface area contributed by atoms with Gasteiger partial charge in [0.05, 0.1) is 17.2 Å². The molecule has 1 aromatic carbocycles. The minimum Gasteiger partial charge on any atom is -0.244 e. The normalized spacial score (nSPS) is 8.44. The monoisotopic (exact) mass is 255 g/mol. The van der Waals surface area contributed by atoms with Crippen molar-refractivity contribution in [3.63, 3.8) is 0 Å². The summed E-state index contributed by atoms with van der Waals surface area (Å²) in [5.41, 5.74) is 3.23. The number of aryl methyl sites for hydroxylation is 1. The van der Waals surface area contributed by atoms with Crippen molar-refractivity contribution in [1.29, 1.82) is 5.26 Å². The second-order valence-corrected chi connectivity index (χ2v) is 3.58. The van der Waals surface area contributed by atoms with Crippen LogP contribution in [0.1, 0.15) is 22.3 Å². The van der Waals surface area contributed by atoms with Gasteiger partial charge in [0.2, 0.25) is 0 Å². The van der Waals surface area contributed by atoms with Gasteiger partial charge in [0.1, 0.15) is 6.33 Å². The van der Waals surface area contributed by atoms with Gasteiger partial charge in [-0.3, -0.25) is 0 Å². The molecule has 1 aromatic heterocycles. The van der Waals surface area contributed by atoms with Gasteiger partial charge in [0.15, 0.2) is 0 Å². The predicted octanol–water partition coefficient (Wildman–Crippen LogP) is 2.48. The Morgan fingerprint density at radius 3 is 2.22 bits per heavy atom. The first-order valence-electron chi connectivity index (χ1n) is 5.07. The summed E-state index contributed by atoms with van der Waals surface area (Å²) in [7, 11) is 0. The van der Waals surface area contributed by atoms with Gasteiger partial charge in [-0.1, -0.05) is 11.8 Å². The molecule has 0 unspecified atom stereocenters. The number of nitrogens with zero attached hydrogens (tertiary/aromatic N) is 3. The molecule has 18 heavy (non-hydrogen) atoms. The third-order valence-electron chi connectivity index (χ3n) is 2.12. The molecule has 2 aromatic rings. The molecule has 4 heteroatoms. The van der Waals surface area contributed by atoms with E-state index in [1.54, 1.807) is 18.5 Å². The Balaban J connectivity index is 0.00000162. The molecule has 0 bridgehead atoms. The third kappa shape index (κ3) is 3.59. The Hall–Kier alpha value is -2.36. The van der Waals surface area contributed by atoms with Gasteiger partial charge in [-0.05, 0) is 30.7 Å². The van der Waals surface area contributed by atoms with Crippen LogP contribution in [0.25, 0.3) is 0 Å². The molecule has 0 aliphatic rings. The fourth-order valence-electron chi connectivity index (χ4n) is 1.43. The largest absolute Gasteiger partial charge is 0.244 e. The lowest BCUT2D eigenvalue weighted by Crippen LogP contribution is -1.83. The molecule has 0 radical (unpaired) electrons. The van der Waals surface area contributed by atoms with E-state index in [0.29, 0.717) is 5.56 Å². The van der Waals surface area contributed by atoms with E-state index < -0.39 is 0 Å². The summed E-state index contributed by atoms with van der Waals surface area (Å²) < 4.78 is 0. The van der Waals surface area contributed by atoms with E-state index >= 15 is 0 Å². The lowest BCUT2D eigenvalue weighted by atomic mass is 10.1. The second kappa shape index (κ2) is 6.39. The Morgan fingerprint density at radius 2 is 1.56 bits per heavy atom. The fraction of sp³-hybridized carbons (Fsp3) is 0.0714. The molecule has 0 saturated carbocycles. The summed E-state index contributed by atoms with van der Waals surface area (Å²) in [6.45, 7) is 1.94. The average molecular weight is 256 g/mol. The minimum absolute atomic E-state index is 0. The molecule has 0 aliphatic heterocycles. The molecule has 3 nitrogen and oxygen atoms in total. The summed E-state index contributed by atoms with van der Waals surface area (Å²) >= 11 is 0. The number of hydrogen-bond donors (Lipinski definition) is 0. The summed E-state index contributed by atoms with van der Waals surface area (Å²) in [6.07, 6.45) is 4.77. The number of nitriles is 1. The van der Waals surface area contributed by atoms with Crippen LogP contribution in [0.3, 0.4) is 0 Å². The zero-order chi connectivity index (χ0) is 12.1. The molecular formula is C14H10ClN3. The Morgan fingerprint density at radius 1 is 0.944 bits per heavy atom. The van der Waals surface area contributed by atoms with Crippen molar-refractivity contribution in [1.82, 2.24) is 9.97 Å². The lowest BCUT2D eigenvalue weighted by Gasteiger charge is -1.95. The molecule has 0 aliphatic carbocycles. The van der Waals surface area contributed by atoms with E-state index in [-0.39, 0.29) is 12.4 Å². The van der Waals surface area contributed by atoms with E-state index in [4.69, 9.17) is 5.26 Å². The molecular weight excluding hydrogens is 246 g/mol. The van der Waals surface area contributed by atoms with Crippen LogP contribution in [0.5, 0.6) is 0 Å². The second-order valence-electron chi connectivity index (χ2n) is 3.58. The van der Waals surface area contributed by atoms with Crippen LogP contribution >= 0.6 is 12.4 Å². The Bertz CT molecular complexity index is 634. The Kier molecular flexibility index (Phi) is 4.87. The van der Waals surface area contributed by atoms with Crippen molar-refractivity contribution in [2.75, 3.05) is 0 Å². The number of benzene rings is 1. The maximum Gasteiger partial charge on any atom is 0.115 e. The van der Waals surface area contributed by atoms with Crippen molar-refractivity contribution in [3.8, 4) is 17.9 Å². The van der Waals surface area contributed by atoms with E-state index in [2.05, 4.69) is 27.9 Å². The first-order chi connectivity index (χ1) is 8.28. The molecule has 0 spiro atoms. The van der Waals surface area contributed by atoms with Gasteiger partial charge in [0, 0.05) is 18.0 Å². The van der Waals surface area contributed by atoms with Crippen molar-refractivity contribution < 1.29 is 0 Å². The molecule has 1 heterocycles. The summed E-state index contributed by atoms with van der Waals surface area (Å²) in [4.78, 5) is 7.76. The van der Waals surface area contributed by atoms with E-state index in [9.17, 15) is 0 Å². The zero-order valence-corrected chi connectivity index (χ0v) is 10.5. The molecule has 0 amide bonds. The van der Waals surface area contributed by atoms with Crippen LogP contribution in [0.2, 0.25) is 0 Å². The first-order valence-corrected chi connectivity index (χ1v) is 5.07. The number of aromatic nitrogens is 2. The van der Waals surface area contributed by atoms with Gasteiger partial charge in [-0.15, -0.1) is 12.4 Å². The highest BCUT2D eigenvalue weighted by molar-refractivity contribution is 5.85. The molecule has 88 valence electrons. The highest BCUT2D eigenvalue weighted by Gasteiger charge is 1.95. The van der Waals surface area contributed by atoms with Gasteiger partial charge >= 0.3 is 0 Å². The Labute approximate surface area is 112 Å². The van der Waals surface area contributed by atoms with Crippen LogP contribution in [0, 0.1) is 30.1 Å².